The SMILES string of the molecule is O=C([C@@H]1CC(=O)N(C2CC2)C1)N1CCC(c2nnc3n2CCC3)CC1. The van der Waals surface area contributed by atoms with Crippen molar-refractivity contribution in [3.63, 3.8) is 0 Å². The zero-order valence-electron chi connectivity index (χ0n) is 14.6. The molecule has 0 aromatic carbocycles. The highest BCUT2D eigenvalue weighted by molar-refractivity contribution is 5.89. The lowest BCUT2D eigenvalue weighted by atomic mass is 9.94. The Morgan fingerprint density at radius 2 is 1.84 bits per heavy atom. The monoisotopic (exact) mass is 343 g/mol. The normalized spacial score (nSPS) is 27.2. The Morgan fingerprint density at radius 3 is 2.60 bits per heavy atom. The largest absolute Gasteiger partial charge is 0.342 e. The van der Waals surface area contributed by atoms with E-state index in [2.05, 4.69) is 14.8 Å². The summed E-state index contributed by atoms with van der Waals surface area (Å²) in [6, 6.07) is 0.422. The molecule has 1 aromatic rings. The summed E-state index contributed by atoms with van der Waals surface area (Å²) in [6.07, 6.45) is 6.75. The van der Waals surface area contributed by atoms with Crippen LogP contribution in [0.5, 0.6) is 0 Å². The third-order valence-electron chi connectivity index (χ3n) is 6.31. The second kappa shape index (κ2) is 5.81. The zero-order valence-corrected chi connectivity index (χ0v) is 14.6. The van der Waals surface area contributed by atoms with Crippen LogP contribution in [0.25, 0.3) is 0 Å². The Morgan fingerprint density at radius 1 is 1.04 bits per heavy atom. The predicted molar refractivity (Wildman–Crippen MR) is 89.7 cm³/mol. The van der Waals surface area contributed by atoms with Crippen LogP contribution in [0, 0.1) is 5.92 Å². The first-order chi connectivity index (χ1) is 12.2. The number of amides is 2. The van der Waals surface area contributed by atoms with E-state index in [1.54, 1.807) is 0 Å². The Hall–Kier alpha value is -1.92. The van der Waals surface area contributed by atoms with Gasteiger partial charge in [-0.1, -0.05) is 0 Å². The van der Waals surface area contributed by atoms with E-state index < -0.39 is 0 Å². The van der Waals surface area contributed by atoms with Gasteiger partial charge in [0.05, 0.1) is 5.92 Å². The minimum absolute atomic E-state index is 0.123. The molecule has 3 aliphatic heterocycles. The second-order valence-electron chi connectivity index (χ2n) is 8.01. The number of carbonyl (C=O) groups is 2. The van der Waals surface area contributed by atoms with Gasteiger partial charge in [0, 0.05) is 51.0 Å². The van der Waals surface area contributed by atoms with Crippen LogP contribution in [-0.2, 0) is 22.6 Å². The van der Waals surface area contributed by atoms with E-state index in [-0.39, 0.29) is 17.7 Å². The molecule has 0 unspecified atom stereocenters. The van der Waals surface area contributed by atoms with Crippen molar-refractivity contribution >= 4 is 11.8 Å². The van der Waals surface area contributed by atoms with E-state index in [1.807, 2.05) is 9.80 Å². The van der Waals surface area contributed by atoms with Crippen molar-refractivity contribution in [2.24, 2.45) is 5.92 Å². The van der Waals surface area contributed by atoms with E-state index >= 15 is 0 Å². The third kappa shape index (κ3) is 2.64. The number of piperidine rings is 1. The molecule has 4 heterocycles. The average molecular weight is 343 g/mol. The quantitative estimate of drug-likeness (QED) is 0.819. The first-order valence-corrected chi connectivity index (χ1v) is 9.71. The molecule has 3 fully saturated rings. The maximum absolute atomic E-state index is 12.8. The Bertz CT molecular complexity index is 702. The standard InChI is InChI=1S/C18H25N5O2/c24-16-10-13(11-23(16)14-3-4-14)18(25)21-8-5-12(6-9-21)17-20-19-15-2-1-7-22(15)17/h12-14H,1-11H2/t13-/m1/s1. The van der Waals surface area contributed by atoms with Crippen LogP contribution in [0.15, 0.2) is 0 Å². The second-order valence-corrected chi connectivity index (χ2v) is 8.01. The zero-order chi connectivity index (χ0) is 17.0. The highest BCUT2D eigenvalue weighted by Gasteiger charge is 2.43. The molecular weight excluding hydrogens is 318 g/mol. The molecule has 4 aliphatic rings. The highest BCUT2D eigenvalue weighted by atomic mass is 16.2. The fraction of sp³-hybridized carbons (Fsp3) is 0.778. The van der Waals surface area contributed by atoms with Gasteiger partial charge in [-0.2, -0.15) is 0 Å². The number of likely N-dealkylation sites (tertiary alicyclic amines) is 2. The summed E-state index contributed by atoms with van der Waals surface area (Å²) >= 11 is 0. The Balaban J connectivity index is 1.20. The Labute approximate surface area is 147 Å². The lowest BCUT2D eigenvalue weighted by molar-refractivity contribution is -0.136. The van der Waals surface area contributed by atoms with Gasteiger partial charge in [-0.3, -0.25) is 9.59 Å². The van der Waals surface area contributed by atoms with Gasteiger partial charge < -0.3 is 14.4 Å². The molecule has 2 saturated heterocycles. The van der Waals surface area contributed by atoms with Gasteiger partial charge in [0.15, 0.2) is 0 Å². The molecule has 134 valence electrons. The van der Waals surface area contributed by atoms with Gasteiger partial charge in [0.1, 0.15) is 11.6 Å². The van der Waals surface area contributed by atoms with Crippen LogP contribution >= 0.6 is 0 Å². The molecular formula is C18H25N5O2. The molecule has 25 heavy (non-hydrogen) atoms. The minimum Gasteiger partial charge on any atom is -0.342 e. The van der Waals surface area contributed by atoms with Gasteiger partial charge in [0.25, 0.3) is 0 Å². The maximum Gasteiger partial charge on any atom is 0.227 e. The van der Waals surface area contributed by atoms with Crippen LogP contribution in [0.3, 0.4) is 0 Å². The molecule has 0 spiro atoms. The van der Waals surface area contributed by atoms with E-state index in [0.29, 0.717) is 24.9 Å². The number of carbonyl (C=O) groups excluding carboxylic acids is 2. The molecule has 1 aromatic heterocycles. The van der Waals surface area contributed by atoms with Crippen molar-refractivity contribution in [3.8, 4) is 0 Å². The van der Waals surface area contributed by atoms with Crippen molar-refractivity contribution in [1.29, 1.82) is 0 Å². The first kappa shape index (κ1) is 15.3. The molecule has 2 amide bonds. The fourth-order valence-electron chi connectivity index (χ4n) is 4.73. The summed E-state index contributed by atoms with van der Waals surface area (Å²) in [5, 5.41) is 8.73. The fourth-order valence-corrected chi connectivity index (χ4v) is 4.73. The topological polar surface area (TPSA) is 71.3 Å². The minimum atomic E-state index is -0.123. The number of hydrogen-bond donors (Lipinski definition) is 0. The summed E-state index contributed by atoms with van der Waals surface area (Å²) in [4.78, 5) is 28.9. The van der Waals surface area contributed by atoms with Gasteiger partial charge in [0.2, 0.25) is 11.8 Å². The smallest absolute Gasteiger partial charge is 0.227 e. The summed E-state index contributed by atoms with van der Waals surface area (Å²) in [5.41, 5.74) is 0. The molecule has 0 N–H and O–H groups in total. The van der Waals surface area contributed by atoms with E-state index in [0.717, 1.165) is 63.4 Å². The molecule has 1 aliphatic carbocycles. The van der Waals surface area contributed by atoms with E-state index in [1.165, 1.54) is 6.42 Å². The molecule has 1 atom stereocenters. The number of aryl methyl sites for hydroxylation is 1. The van der Waals surface area contributed by atoms with Crippen LogP contribution in [-0.4, -0.2) is 62.1 Å². The van der Waals surface area contributed by atoms with Crippen molar-refractivity contribution in [2.45, 2.75) is 63.5 Å². The summed E-state index contributed by atoms with van der Waals surface area (Å²) < 4.78 is 2.28. The van der Waals surface area contributed by atoms with Gasteiger partial charge in [-0.25, -0.2) is 0 Å². The van der Waals surface area contributed by atoms with Crippen molar-refractivity contribution in [1.82, 2.24) is 24.6 Å². The van der Waals surface area contributed by atoms with Crippen LogP contribution < -0.4 is 0 Å². The predicted octanol–water partition coefficient (Wildman–Crippen LogP) is 0.941. The maximum atomic E-state index is 12.8. The highest BCUT2D eigenvalue weighted by Crippen LogP contribution is 2.34. The van der Waals surface area contributed by atoms with Crippen LogP contribution in [0.2, 0.25) is 0 Å². The molecule has 1 saturated carbocycles. The number of rotatable bonds is 3. The summed E-state index contributed by atoms with van der Waals surface area (Å²) in [7, 11) is 0. The van der Waals surface area contributed by atoms with E-state index in [9.17, 15) is 9.59 Å². The Kier molecular flexibility index (Phi) is 3.57. The number of fused-ring (bicyclic) bond motifs is 1. The van der Waals surface area contributed by atoms with Crippen LogP contribution in [0.1, 0.15) is 56.1 Å². The van der Waals surface area contributed by atoms with Gasteiger partial charge in [-0.15, -0.1) is 10.2 Å². The van der Waals surface area contributed by atoms with Crippen molar-refractivity contribution < 1.29 is 9.59 Å². The third-order valence-corrected chi connectivity index (χ3v) is 6.31. The average Bonchev–Trinajstić information content (AvgIpc) is 3.04. The molecule has 7 nitrogen and oxygen atoms in total. The van der Waals surface area contributed by atoms with Gasteiger partial charge in [-0.05, 0) is 32.1 Å². The summed E-state index contributed by atoms with van der Waals surface area (Å²) in [6.45, 7) is 3.23. The first-order valence-electron chi connectivity index (χ1n) is 9.71. The van der Waals surface area contributed by atoms with E-state index in [4.69, 9.17) is 0 Å². The lowest BCUT2D eigenvalue weighted by Gasteiger charge is -2.33. The lowest BCUT2D eigenvalue weighted by Crippen LogP contribution is -2.42. The summed E-state index contributed by atoms with van der Waals surface area (Å²) in [5.74, 6) is 2.89. The number of hydrogen-bond acceptors (Lipinski definition) is 4. The molecule has 7 heteroatoms. The number of nitrogens with zero attached hydrogens (tertiary/aromatic N) is 5. The van der Waals surface area contributed by atoms with Crippen LogP contribution in [0.4, 0.5) is 0 Å². The van der Waals surface area contributed by atoms with Gasteiger partial charge >= 0.3 is 0 Å². The van der Waals surface area contributed by atoms with Crippen molar-refractivity contribution in [3.05, 3.63) is 11.6 Å². The molecule has 0 bridgehead atoms. The van der Waals surface area contributed by atoms with Crippen molar-refractivity contribution in [2.75, 3.05) is 19.6 Å². The number of aromatic nitrogens is 3. The molecule has 0 radical (unpaired) electrons. The molecule has 5 rings (SSSR count).